The van der Waals surface area contributed by atoms with Gasteiger partial charge in [0.25, 0.3) is 0 Å². The molecule has 1 aromatic carbocycles. The van der Waals surface area contributed by atoms with E-state index in [2.05, 4.69) is 10.1 Å². The van der Waals surface area contributed by atoms with Crippen molar-refractivity contribution >= 4 is 5.71 Å². The fourth-order valence-corrected chi connectivity index (χ4v) is 2.69. The highest BCUT2D eigenvalue weighted by atomic mass is 16.6. The Morgan fingerprint density at radius 3 is 2.58 bits per heavy atom. The van der Waals surface area contributed by atoms with Crippen molar-refractivity contribution in [1.29, 1.82) is 0 Å². The van der Waals surface area contributed by atoms with Crippen LogP contribution in [-0.4, -0.2) is 24.4 Å². The largest absolute Gasteiger partial charge is 0.490 e. The first-order chi connectivity index (χ1) is 12.6. The topological polar surface area (TPSA) is 52.9 Å². The molecule has 0 saturated heterocycles. The van der Waals surface area contributed by atoms with E-state index in [0.717, 1.165) is 39.5 Å². The summed E-state index contributed by atoms with van der Waals surface area (Å²) >= 11 is 0. The average molecular weight is 354 g/mol. The lowest BCUT2D eigenvalue weighted by Gasteiger charge is -2.15. The van der Waals surface area contributed by atoms with Gasteiger partial charge in [0.1, 0.15) is 31.8 Å². The summed E-state index contributed by atoms with van der Waals surface area (Å²) in [4.78, 5) is 9.07. The van der Waals surface area contributed by atoms with E-state index in [1.54, 1.807) is 12.4 Å². The maximum absolute atomic E-state index is 6.10. The van der Waals surface area contributed by atoms with Crippen molar-refractivity contribution < 1.29 is 14.3 Å². The summed E-state index contributed by atoms with van der Waals surface area (Å²) in [6, 6.07) is 5.90. The van der Waals surface area contributed by atoms with Crippen molar-refractivity contribution in [2.75, 3.05) is 13.7 Å². The van der Waals surface area contributed by atoms with Gasteiger partial charge < -0.3 is 14.3 Å². The van der Waals surface area contributed by atoms with Gasteiger partial charge in [-0.1, -0.05) is 17.3 Å². The van der Waals surface area contributed by atoms with Crippen LogP contribution >= 0.6 is 0 Å². The number of pyridine rings is 1. The first kappa shape index (κ1) is 19.5. The minimum Gasteiger partial charge on any atom is -0.490 e. The molecule has 0 aliphatic rings. The quantitative estimate of drug-likeness (QED) is 0.395. The molecular weight excluding hydrogens is 328 g/mol. The second-order valence-electron chi connectivity index (χ2n) is 5.95. The molecule has 1 aromatic heterocycles. The standard InChI is InChI=1S/C21H26N2O3/c1-6-7-10-25-19-11-15(2)21(16(3)12-19)26-14-18-13-22-9-8-20(18)17(4)23-24-5/h6-9,11-13H,10,14H2,1-5H3/b7-6+,23-17-. The van der Waals surface area contributed by atoms with Gasteiger partial charge in [-0.15, -0.1) is 0 Å². The zero-order chi connectivity index (χ0) is 18.9. The molecule has 138 valence electrons. The van der Waals surface area contributed by atoms with Crippen molar-refractivity contribution in [1.82, 2.24) is 4.98 Å². The molecule has 0 radical (unpaired) electrons. The Hall–Kier alpha value is -2.82. The molecule has 0 bridgehead atoms. The molecule has 0 aliphatic heterocycles. The number of hydrogen-bond donors (Lipinski definition) is 0. The number of rotatable bonds is 8. The molecule has 2 rings (SSSR count). The number of hydrogen-bond acceptors (Lipinski definition) is 5. The van der Waals surface area contributed by atoms with Gasteiger partial charge in [-0.05, 0) is 57.0 Å². The molecule has 26 heavy (non-hydrogen) atoms. The Labute approximate surface area is 155 Å². The van der Waals surface area contributed by atoms with E-state index < -0.39 is 0 Å². The Kier molecular flexibility index (Phi) is 7.21. The third-order valence-electron chi connectivity index (χ3n) is 3.91. The van der Waals surface area contributed by atoms with Crippen LogP contribution in [0.2, 0.25) is 0 Å². The molecule has 5 nitrogen and oxygen atoms in total. The van der Waals surface area contributed by atoms with E-state index >= 15 is 0 Å². The van der Waals surface area contributed by atoms with E-state index in [-0.39, 0.29) is 0 Å². The fraction of sp³-hybridized carbons (Fsp3) is 0.333. The molecule has 2 aromatic rings. The van der Waals surface area contributed by atoms with E-state index in [1.807, 2.05) is 58.0 Å². The van der Waals surface area contributed by atoms with Crippen molar-refractivity contribution in [3.63, 3.8) is 0 Å². The number of aryl methyl sites for hydroxylation is 2. The smallest absolute Gasteiger partial charge is 0.125 e. The van der Waals surface area contributed by atoms with Crippen LogP contribution in [-0.2, 0) is 11.4 Å². The van der Waals surface area contributed by atoms with Gasteiger partial charge in [0.05, 0.1) is 5.71 Å². The highest BCUT2D eigenvalue weighted by Gasteiger charge is 2.11. The van der Waals surface area contributed by atoms with Crippen LogP contribution in [0.5, 0.6) is 11.5 Å². The number of allylic oxidation sites excluding steroid dienone is 1. The minimum absolute atomic E-state index is 0.403. The van der Waals surface area contributed by atoms with Crippen LogP contribution in [0.25, 0.3) is 0 Å². The summed E-state index contributed by atoms with van der Waals surface area (Å²) < 4.78 is 11.8. The number of benzene rings is 1. The maximum atomic E-state index is 6.10. The van der Waals surface area contributed by atoms with Gasteiger partial charge >= 0.3 is 0 Å². The summed E-state index contributed by atoms with van der Waals surface area (Å²) in [7, 11) is 1.54. The fourth-order valence-electron chi connectivity index (χ4n) is 2.69. The molecule has 0 saturated carbocycles. The number of aromatic nitrogens is 1. The zero-order valence-corrected chi connectivity index (χ0v) is 16.1. The Morgan fingerprint density at radius 1 is 1.19 bits per heavy atom. The van der Waals surface area contributed by atoms with Gasteiger partial charge in [0.15, 0.2) is 0 Å². The zero-order valence-electron chi connectivity index (χ0n) is 16.1. The van der Waals surface area contributed by atoms with E-state index in [1.165, 1.54) is 7.11 Å². The molecule has 1 heterocycles. The summed E-state index contributed by atoms with van der Waals surface area (Å²) in [5.41, 5.74) is 4.78. The van der Waals surface area contributed by atoms with Crippen molar-refractivity contribution in [2.45, 2.75) is 34.3 Å². The van der Waals surface area contributed by atoms with Gasteiger partial charge in [-0.25, -0.2) is 0 Å². The van der Waals surface area contributed by atoms with Gasteiger partial charge in [-0.2, -0.15) is 0 Å². The van der Waals surface area contributed by atoms with Crippen LogP contribution in [0, 0.1) is 13.8 Å². The van der Waals surface area contributed by atoms with Gasteiger partial charge in [0, 0.05) is 23.5 Å². The predicted octanol–water partition coefficient (Wildman–Crippen LogP) is 4.60. The summed E-state index contributed by atoms with van der Waals surface area (Å²) in [5, 5.41) is 4.00. The lowest BCUT2D eigenvalue weighted by Crippen LogP contribution is -2.07. The molecule has 0 spiro atoms. The number of ether oxygens (including phenoxy) is 2. The lowest BCUT2D eigenvalue weighted by molar-refractivity contribution is 0.213. The molecular formula is C21H26N2O3. The molecule has 0 amide bonds. The lowest BCUT2D eigenvalue weighted by atomic mass is 10.1. The van der Waals surface area contributed by atoms with Crippen molar-refractivity contribution in [3.05, 3.63) is 65.0 Å². The summed E-state index contributed by atoms with van der Waals surface area (Å²) in [5.74, 6) is 1.70. The first-order valence-electron chi connectivity index (χ1n) is 8.55. The second-order valence-corrected chi connectivity index (χ2v) is 5.95. The van der Waals surface area contributed by atoms with Gasteiger partial charge in [0.2, 0.25) is 0 Å². The Balaban J connectivity index is 2.16. The molecule has 0 N–H and O–H groups in total. The molecule has 0 aliphatic carbocycles. The van der Waals surface area contributed by atoms with E-state index in [9.17, 15) is 0 Å². The SMILES string of the molecule is C/C=C/COc1cc(C)c(OCc2cnccc2/C(C)=N\OC)c(C)c1. The first-order valence-corrected chi connectivity index (χ1v) is 8.55. The van der Waals surface area contributed by atoms with Crippen LogP contribution < -0.4 is 9.47 Å². The second kappa shape index (κ2) is 9.61. The van der Waals surface area contributed by atoms with Crippen LogP contribution in [0.3, 0.4) is 0 Å². The van der Waals surface area contributed by atoms with Crippen molar-refractivity contribution in [3.8, 4) is 11.5 Å². The third-order valence-corrected chi connectivity index (χ3v) is 3.91. The average Bonchev–Trinajstić information content (AvgIpc) is 2.62. The molecule has 0 fully saturated rings. The maximum Gasteiger partial charge on any atom is 0.125 e. The summed E-state index contributed by atoms with van der Waals surface area (Å²) in [6.45, 7) is 8.88. The van der Waals surface area contributed by atoms with E-state index in [0.29, 0.717) is 13.2 Å². The van der Waals surface area contributed by atoms with Gasteiger partial charge in [-0.3, -0.25) is 4.98 Å². The van der Waals surface area contributed by atoms with Crippen molar-refractivity contribution in [2.24, 2.45) is 5.16 Å². The predicted molar refractivity (Wildman–Crippen MR) is 104 cm³/mol. The molecule has 0 atom stereocenters. The Bertz CT molecular complexity index is 775. The summed E-state index contributed by atoms with van der Waals surface area (Å²) in [6.07, 6.45) is 7.48. The highest BCUT2D eigenvalue weighted by molar-refractivity contribution is 5.99. The van der Waals surface area contributed by atoms with Crippen LogP contribution in [0.4, 0.5) is 0 Å². The highest BCUT2D eigenvalue weighted by Crippen LogP contribution is 2.29. The van der Waals surface area contributed by atoms with Crippen LogP contribution in [0.15, 0.2) is 47.9 Å². The molecule has 0 unspecified atom stereocenters. The Morgan fingerprint density at radius 2 is 1.92 bits per heavy atom. The molecule has 5 heteroatoms. The minimum atomic E-state index is 0.403. The number of oxime groups is 1. The third kappa shape index (κ3) is 5.09. The normalized spacial score (nSPS) is 11.7. The number of nitrogens with zero attached hydrogens (tertiary/aromatic N) is 2. The monoisotopic (exact) mass is 354 g/mol. The van der Waals surface area contributed by atoms with E-state index in [4.69, 9.17) is 14.3 Å². The van der Waals surface area contributed by atoms with Crippen LogP contribution in [0.1, 0.15) is 36.1 Å².